The first-order valence-corrected chi connectivity index (χ1v) is 10.6. The Morgan fingerprint density at radius 1 is 1.34 bits per heavy atom. The van der Waals surface area contributed by atoms with E-state index in [2.05, 4.69) is 28.1 Å². The highest BCUT2D eigenvalue weighted by Gasteiger charge is 2.32. The molecule has 152 valence electrons. The van der Waals surface area contributed by atoms with E-state index in [0.29, 0.717) is 18.0 Å². The first kappa shape index (κ1) is 19.6. The minimum atomic E-state index is -0.121. The lowest BCUT2D eigenvalue weighted by Crippen LogP contribution is -2.18. The largest absolute Gasteiger partial charge is 0.376 e. The zero-order chi connectivity index (χ0) is 20.2. The molecule has 0 aromatic carbocycles. The van der Waals surface area contributed by atoms with Gasteiger partial charge >= 0.3 is 0 Å². The van der Waals surface area contributed by atoms with E-state index >= 15 is 0 Å². The number of fused-ring (bicyclic) bond motifs is 1. The number of nitrogens with zero attached hydrogens (tertiary/aromatic N) is 6. The van der Waals surface area contributed by atoms with E-state index in [1.165, 1.54) is 44.9 Å². The van der Waals surface area contributed by atoms with Gasteiger partial charge in [-0.2, -0.15) is 10.4 Å². The summed E-state index contributed by atoms with van der Waals surface area (Å²) in [6.45, 7) is 2.12. The Morgan fingerprint density at radius 2 is 2.24 bits per heavy atom. The third-order valence-corrected chi connectivity index (χ3v) is 6.32. The van der Waals surface area contributed by atoms with Crippen molar-refractivity contribution in [3.05, 3.63) is 31.0 Å². The molecule has 0 saturated heterocycles. The molecule has 0 aliphatic heterocycles. The van der Waals surface area contributed by atoms with Crippen LogP contribution in [0, 0.1) is 23.2 Å². The van der Waals surface area contributed by atoms with Crippen LogP contribution in [0.25, 0.3) is 22.3 Å². The maximum absolute atomic E-state index is 9.47. The second kappa shape index (κ2) is 8.75. The standard InChI is InChI=1S/C22H28N6O/c1-2-3-4-16-5-6-17(11-16)20(7-9-23)28-13-18(12-26-28)21-19-8-10-27(15-29)22(19)25-14-24-21/h8,10,12-14,16-17,20,29H,2-7,11,15H2,1H3/t16?,17-,20-/m1/s1. The number of unbranched alkanes of at least 4 members (excludes halogenated alkanes) is 1. The molecule has 29 heavy (non-hydrogen) atoms. The van der Waals surface area contributed by atoms with Crippen LogP contribution in [0.1, 0.15) is 57.9 Å². The Morgan fingerprint density at radius 3 is 3.03 bits per heavy atom. The summed E-state index contributed by atoms with van der Waals surface area (Å²) in [5.74, 6) is 1.29. The van der Waals surface area contributed by atoms with E-state index in [1.54, 1.807) is 10.8 Å². The molecule has 3 atom stereocenters. The Kier molecular flexibility index (Phi) is 5.91. The average molecular weight is 393 g/mol. The number of aliphatic hydroxyl groups excluding tert-OH is 1. The van der Waals surface area contributed by atoms with Gasteiger partial charge in [-0.1, -0.05) is 32.6 Å². The van der Waals surface area contributed by atoms with Crippen molar-refractivity contribution >= 4 is 11.0 Å². The van der Waals surface area contributed by atoms with Crippen LogP contribution in [0.2, 0.25) is 0 Å². The summed E-state index contributed by atoms with van der Waals surface area (Å²) in [5, 5.41) is 24.4. The third kappa shape index (κ3) is 3.90. The fraction of sp³-hybridized carbons (Fsp3) is 0.545. The molecule has 4 rings (SSSR count). The van der Waals surface area contributed by atoms with Crippen LogP contribution in [-0.2, 0) is 6.73 Å². The molecule has 7 nitrogen and oxygen atoms in total. The second-order valence-corrected chi connectivity index (χ2v) is 8.11. The number of nitriles is 1. The van der Waals surface area contributed by atoms with Crippen molar-refractivity contribution in [1.29, 1.82) is 5.26 Å². The summed E-state index contributed by atoms with van der Waals surface area (Å²) in [4.78, 5) is 8.75. The van der Waals surface area contributed by atoms with Gasteiger partial charge in [-0.3, -0.25) is 4.68 Å². The molecular formula is C22H28N6O. The lowest BCUT2D eigenvalue weighted by atomic mass is 9.93. The van der Waals surface area contributed by atoms with Crippen molar-refractivity contribution in [2.24, 2.45) is 11.8 Å². The Balaban J connectivity index is 1.59. The van der Waals surface area contributed by atoms with Crippen LogP contribution >= 0.6 is 0 Å². The van der Waals surface area contributed by atoms with E-state index in [0.717, 1.165) is 22.6 Å². The van der Waals surface area contributed by atoms with Gasteiger partial charge in [0.05, 0.1) is 30.4 Å². The van der Waals surface area contributed by atoms with Crippen molar-refractivity contribution in [1.82, 2.24) is 24.3 Å². The molecule has 3 heterocycles. The molecule has 1 N–H and O–H groups in total. The predicted molar refractivity (Wildman–Crippen MR) is 111 cm³/mol. The number of aromatic nitrogens is 5. The fourth-order valence-electron chi connectivity index (χ4n) is 4.78. The van der Waals surface area contributed by atoms with Crippen molar-refractivity contribution in [3.63, 3.8) is 0 Å². The monoisotopic (exact) mass is 392 g/mol. The lowest BCUT2D eigenvalue weighted by molar-refractivity contribution is 0.215. The molecule has 7 heteroatoms. The molecule has 0 bridgehead atoms. The van der Waals surface area contributed by atoms with Gasteiger partial charge in [0.25, 0.3) is 0 Å². The predicted octanol–water partition coefficient (Wildman–Crippen LogP) is 4.31. The number of hydrogen-bond acceptors (Lipinski definition) is 5. The number of aliphatic hydroxyl groups is 1. The molecule has 3 aromatic heterocycles. The summed E-state index contributed by atoms with van der Waals surface area (Å²) in [6, 6.07) is 4.40. The molecule has 1 saturated carbocycles. The van der Waals surface area contributed by atoms with Gasteiger partial charge in [-0.15, -0.1) is 0 Å². The lowest BCUT2D eigenvalue weighted by Gasteiger charge is -2.22. The van der Waals surface area contributed by atoms with Crippen molar-refractivity contribution in [2.45, 2.75) is 64.6 Å². The van der Waals surface area contributed by atoms with Gasteiger partial charge in [-0.25, -0.2) is 9.97 Å². The van der Waals surface area contributed by atoms with Crippen LogP contribution in [0.5, 0.6) is 0 Å². The maximum Gasteiger partial charge on any atom is 0.145 e. The molecule has 1 aliphatic carbocycles. The van der Waals surface area contributed by atoms with E-state index in [1.807, 2.05) is 23.1 Å². The topological polar surface area (TPSA) is 92.5 Å². The molecule has 0 radical (unpaired) electrons. The molecule has 1 unspecified atom stereocenters. The van der Waals surface area contributed by atoms with E-state index in [9.17, 15) is 10.4 Å². The van der Waals surface area contributed by atoms with Gasteiger partial charge < -0.3 is 9.67 Å². The summed E-state index contributed by atoms with van der Waals surface area (Å²) in [6.07, 6.45) is 15.1. The zero-order valence-electron chi connectivity index (χ0n) is 16.9. The van der Waals surface area contributed by atoms with Crippen molar-refractivity contribution in [3.8, 4) is 17.3 Å². The Bertz CT molecular complexity index is 1000. The van der Waals surface area contributed by atoms with Gasteiger partial charge in [-0.05, 0) is 30.7 Å². The SMILES string of the molecule is CCCCC1CC[C@@H]([C@@H](CC#N)n2cc(-c3ncnc4c3ccn4CO)cn2)C1. The smallest absolute Gasteiger partial charge is 0.145 e. The normalized spacial score (nSPS) is 20.2. The highest BCUT2D eigenvalue weighted by atomic mass is 16.3. The minimum Gasteiger partial charge on any atom is -0.376 e. The molecule has 1 aliphatic rings. The highest BCUT2D eigenvalue weighted by molar-refractivity contribution is 5.90. The molecule has 1 fully saturated rings. The molecule has 3 aromatic rings. The van der Waals surface area contributed by atoms with Crippen molar-refractivity contribution in [2.75, 3.05) is 0 Å². The van der Waals surface area contributed by atoms with Crippen LogP contribution in [0.15, 0.2) is 31.0 Å². The van der Waals surface area contributed by atoms with E-state index in [-0.39, 0.29) is 12.8 Å². The molecule has 0 amide bonds. The van der Waals surface area contributed by atoms with Crippen LogP contribution in [-0.4, -0.2) is 29.4 Å². The highest BCUT2D eigenvalue weighted by Crippen LogP contribution is 2.41. The molecular weight excluding hydrogens is 364 g/mol. The maximum atomic E-state index is 9.47. The number of rotatable bonds is 8. The second-order valence-electron chi connectivity index (χ2n) is 8.11. The van der Waals surface area contributed by atoms with Crippen LogP contribution < -0.4 is 0 Å². The average Bonchev–Trinajstić information content (AvgIpc) is 3.49. The van der Waals surface area contributed by atoms with Crippen LogP contribution in [0.4, 0.5) is 0 Å². The summed E-state index contributed by atoms with van der Waals surface area (Å²) in [7, 11) is 0. The van der Waals surface area contributed by atoms with Gasteiger partial charge in [0.2, 0.25) is 0 Å². The molecule has 0 spiro atoms. The third-order valence-electron chi connectivity index (χ3n) is 6.32. The Hall–Kier alpha value is -2.72. The fourth-order valence-corrected chi connectivity index (χ4v) is 4.78. The summed E-state index contributed by atoms with van der Waals surface area (Å²) in [5.41, 5.74) is 2.42. The summed E-state index contributed by atoms with van der Waals surface area (Å²) >= 11 is 0. The number of hydrogen-bond donors (Lipinski definition) is 1. The van der Waals surface area contributed by atoms with E-state index in [4.69, 9.17) is 0 Å². The first-order valence-electron chi connectivity index (χ1n) is 10.6. The minimum absolute atomic E-state index is 0.111. The quantitative estimate of drug-likeness (QED) is 0.617. The summed E-state index contributed by atoms with van der Waals surface area (Å²) < 4.78 is 3.65. The van der Waals surface area contributed by atoms with E-state index < -0.39 is 0 Å². The van der Waals surface area contributed by atoms with Gasteiger partial charge in [0.15, 0.2) is 0 Å². The van der Waals surface area contributed by atoms with Crippen LogP contribution in [0.3, 0.4) is 0 Å². The van der Waals surface area contributed by atoms with Gasteiger partial charge in [0.1, 0.15) is 18.7 Å². The first-order chi connectivity index (χ1) is 14.2. The zero-order valence-corrected chi connectivity index (χ0v) is 16.9. The Labute approximate surface area is 171 Å². The van der Waals surface area contributed by atoms with Crippen molar-refractivity contribution < 1.29 is 5.11 Å². The van der Waals surface area contributed by atoms with Gasteiger partial charge in [0, 0.05) is 23.3 Å².